The summed E-state index contributed by atoms with van der Waals surface area (Å²) in [4.78, 5) is 12.0. The van der Waals surface area contributed by atoms with E-state index in [1.165, 1.54) is 0 Å². The molecule has 1 heterocycles. The summed E-state index contributed by atoms with van der Waals surface area (Å²) in [7, 11) is -3.46. The average Bonchev–Trinajstić information content (AvgIpc) is 2.60. The Morgan fingerprint density at radius 2 is 1.85 bits per heavy atom. The Labute approximate surface area is 157 Å². The maximum absolute atomic E-state index is 12.7. The zero-order valence-electron chi connectivity index (χ0n) is 15.9. The molecule has 26 heavy (non-hydrogen) atoms. The van der Waals surface area contributed by atoms with Crippen LogP contribution in [0.25, 0.3) is 0 Å². The summed E-state index contributed by atoms with van der Waals surface area (Å²) < 4.78 is 32.3. The van der Waals surface area contributed by atoms with Gasteiger partial charge in [-0.05, 0) is 55.4 Å². The molecule has 0 aromatic heterocycles. The summed E-state index contributed by atoms with van der Waals surface area (Å²) in [6.45, 7) is 8.04. The third kappa shape index (κ3) is 5.99. The normalized spacial score (nSPS) is 16.6. The highest BCUT2D eigenvalue weighted by atomic mass is 32.2. The molecule has 0 unspecified atom stereocenters. The lowest BCUT2D eigenvalue weighted by molar-refractivity contribution is -0.123. The fraction of sp³-hybridized carbons (Fsp3) is 0.632. The number of nitrogens with one attached hydrogen (secondary N) is 1. The molecule has 146 valence electrons. The van der Waals surface area contributed by atoms with Crippen LogP contribution in [0.5, 0.6) is 5.75 Å². The largest absolute Gasteiger partial charge is 0.484 e. The highest BCUT2D eigenvalue weighted by Gasteiger charge is 2.27. The van der Waals surface area contributed by atoms with Gasteiger partial charge in [0.15, 0.2) is 6.61 Å². The molecule has 1 aliphatic heterocycles. The van der Waals surface area contributed by atoms with Gasteiger partial charge >= 0.3 is 0 Å². The van der Waals surface area contributed by atoms with E-state index in [-0.39, 0.29) is 17.4 Å². The van der Waals surface area contributed by atoms with Crippen molar-refractivity contribution >= 4 is 15.9 Å². The van der Waals surface area contributed by atoms with Gasteiger partial charge in [0, 0.05) is 19.6 Å². The molecule has 0 spiro atoms. The number of ether oxygens (including phenoxy) is 1. The Kier molecular flexibility index (Phi) is 7.46. The van der Waals surface area contributed by atoms with Crippen LogP contribution >= 0.6 is 0 Å². The van der Waals surface area contributed by atoms with Gasteiger partial charge in [0.1, 0.15) is 5.75 Å². The van der Waals surface area contributed by atoms with Gasteiger partial charge < -0.3 is 10.1 Å². The van der Waals surface area contributed by atoms with E-state index in [2.05, 4.69) is 26.1 Å². The van der Waals surface area contributed by atoms with Crippen molar-refractivity contribution in [3.8, 4) is 5.75 Å². The first-order chi connectivity index (χ1) is 12.3. The van der Waals surface area contributed by atoms with E-state index in [1.807, 2.05) is 0 Å². The number of carbonyl (C=O) groups is 1. The molecule has 1 aromatic rings. The summed E-state index contributed by atoms with van der Waals surface area (Å²) in [5.74, 6) is 1.41. The molecule has 1 amide bonds. The molecule has 2 rings (SSSR count). The summed E-state index contributed by atoms with van der Waals surface area (Å²) in [6.07, 6.45) is 2.71. The number of benzene rings is 1. The molecule has 0 aliphatic carbocycles. The van der Waals surface area contributed by atoms with Crippen LogP contribution < -0.4 is 10.1 Å². The number of hydrogen-bond donors (Lipinski definition) is 1. The zero-order valence-corrected chi connectivity index (χ0v) is 16.7. The van der Waals surface area contributed by atoms with Crippen molar-refractivity contribution in [1.82, 2.24) is 9.62 Å². The minimum absolute atomic E-state index is 0.0752. The lowest BCUT2D eigenvalue weighted by Gasteiger charge is -2.29. The van der Waals surface area contributed by atoms with E-state index in [1.54, 1.807) is 28.6 Å². The molecule has 1 fully saturated rings. The molecule has 0 atom stereocenters. The average molecular weight is 383 g/mol. The Morgan fingerprint density at radius 1 is 1.23 bits per heavy atom. The van der Waals surface area contributed by atoms with Crippen LogP contribution in [0.15, 0.2) is 29.2 Å². The topological polar surface area (TPSA) is 75.7 Å². The van der Waals surface area contributed by atoms with Crippen LogP contribution in [0.2, 0.25) is 0 Å². The molecule has 1 N–H and O–H groups in total. The summed E-state index contributed by atoms with van der Waals surface area (Å²) in [6, 6.07) is 6.28. The minimum atomic E-state index is -3.46. The Bertz CT molecular complexity index is 678. The molecule has 6 nitrogen and oxygen atoms in total. The van der Waals surface area contributed by atoms with E-state index in [9.17, 15) is 13.2 Å². The van der Waals surface area contributed by atoms with E-state index < -0.39 is 10.0 Å². The highest BCUT2D eigenvalue weighted by molar-refractivity contribution is 7.89. The van der Waals surface area contributed by atoms with Crippen molar-refractivity contribution in [3.63, 3.8) is 0 Å². The second-order valence-electron chi connectivity index (χ2n) is 7.38. The van der Waals surface area contributed by atoms with Crippen LogP contribution in [0, 0.1) is 11.8 Å². The third-order valence-electron chi connectivity index (χ3n) is 4.62. The smallest absolute Gasteiger partial charge is 0.257 e. The Morgan fingerprint density at radius 3 is 2.42 bits per heavy atom. The van der Waals surface area contributed by atoms with E-state index in [4.69, 9.17) is 4.74 Å². The number of sulfonamides is 1. The molecule has 0 saturated carbocycles. The fourth-order valence-corrected chi connectivity index (χ4v) is 4.25. The number of carbonyl (C=O) groups excluding carboxylic acids is 1. The monoisotopic (exact) mass is 382 g/mol. The van der Waals surface area contributed by atoms with Gasteiger partial charge in [-0.3, -0.25) is 4.79 Å². The number of nitrogens with zero attached hydrogens (tertiary/aromatic N) is 1. The van der Waals surface area contributed by atoms with Gasteiger partial charge in [-0.1, -0.05) is 20.8 Å². The molecule has 0 bridgehead atoms. The lowest BCUT2D eigenvalue weighted by Crippen LogP contribution is -2.37. The predicted molar refractivity (Wildman–Crippen MR) is 102 cm³/mol. The molecule has 0 radical (unpaired) electrons. The summed E-state index contributed by atoms with van der Waals surface area (Å²) in [5.41, 5.74) is 0. The van der Waals surface area contributed by atoms with Crippen LogP contribution in [-0.4, -0.2) is 44.9 Å². The third-order valence-corrected chi connectivity index (χ3v) is 6.53. The SMILES string of the molecule is CC(C)CCNC(=O)COc1ccc(S(=O)(=O)N2CCC(C)CC2)cc1. The molecule has 1 saturated heterocycles. The maximum Gasteiger partial charge on any atom is 0.257 e. The Balaban J connectivity index is 1.86. The van der Waals surface area contributed by atoms with Crippen molar-refractivity contribution in [2.45, 2.75) is 44.9 Å². The molecule has 1 aliphatic rings. The van der Waals surface area contributed by atoms with Gasteiger partial charge in [-0.15, -0.1) is 0 Å². The van der Waals surface area contributed by atoms with E-state index >= 15 is 0 Å². The van der Waals surface area contributed by atoms with Crippen molar-refractivity contribution in [3.05, 3.63) is 24.3 Å². The fourth-order valence-electron chi connectivity index (χ4n) is 2.78. The number of hydrogen-bond acceptors (Lipinski definition) is 4. The first kappa shape index (κ1) is 20.7. The quantitative estimate of drug-likeness (QED) is 0.750. The second-order valence-corrected chi connectivity index (χ2v) is 9.32. The standard InChI is InChI=1S/C19H30N2O4S/c1-15(2)8-11-20-19(22)14-25-17-4-6-18(7-5-17)26(23,24)21-12-9-16(3)10-13-21/h4-7,15-16H,8-14H2,1-3H3,(H,20,22). The van der Waals surface area contributed by atoms with E-state index in [0.717, 1.165) is 19.3 Å². The van der Waals surface area contributed by atoms with Crippen LogP contribution in [0.1, 0.15) is 40.0 Å². The van der Waals surface area contributed by atoms with Crippen LogP contribution in [0.4, 0.5) is 0 Å². The molecular formula is C19H30N2O4S. The number of piperidine rings is 1. The van der Waals surface area contributed by atoms with Gasteiger partial charge in [-0.2, -0.15) is 4.31 Å². The van der Waals surface area contributed by atoms with Gasteiger partial charge in [-0.25, -0.2) is 8.42 Å². The summed E-state index contributed by atoms with van der Waals surface area (Å²) >= 11 is 0. The first-order valence-corrected chi connectivity index (χ1v) is 10.7. The molecular weight excluding hydrogens is 352 g/mol. The van der Waals surface area contributed by atoms with Crippen molar-refractivity contribution in [1.29, 1.82) is 0 Å². The molecule has 7 heteroatoms. The van der Waals surface area contributed by atoms with Crippen molar-refractivity contribution in [2.75, 3.05) is 26.2 Å². The zero-order chi connectivity index (χ0) is 19.2. The maximum atomic E-state index is 12.7. The van der Waals surface area contributed by atoms with Gasteiger partial charge in [0.05, 0.1) is 4.90 Å². The first-order valence-electron chi connectivity index (χ1n) is 9.28. The minimum Gasteiger partial charge on any atom is -0.484 e. The van der Waals surface area contributed by atoms with Crippen molar-refractivity contribution in [2.24, 2.45) is 11.8 Å². The van der Waals surface area contributed by atoms with Crippen LogP contribution in [0.3, 0.4) is 0 Å². The van der Waals surface area contributed by atoms with Gasteiger partial charge in [0.25, 0.3) is 5.91 Å². The van der Waals surface area contributed by atoms with Gasteiger partial charge in [0.2, 0.25) is 10.0 Å². The van der Waals surface area contributed by atoms with Crippen molar-refractivity contribution < 1.29 is 17.9 Å². The van der Waals surface area contributed by atoms with E-state index in [0.29, 0.717) is 37.2 Å². The number of rotatable bonds is 8. The number of amides is 1. The summed E-state index contributed by atoms with van der Waals surface area (Å²) in [5, 5.41) is 2.80. The Hall–Kier alpha value is -1.60. The van der Waals surface area contributed by atoms with Crippen LogP contribution in [-0.2, 0) is 14.8 Å². The highest BCUT2D eigenvalue weighted by Crippen LogP contribution is 2.24. The second kappa shape index (κ2) is 9.37. The molecule has 1 aromatic carbocycles. The predicted octanol–water partition coefficient (Wildman–Crippen LogP) is 2.65. The lowest BCUT2D eigenvalue weighted by atomic mass is 10.0.